The van der Waals surface area contributed by atoms with Crippen molar-refractivity contribution in [1.82, 2.24) is 0 Å². The summed E-state index contributed by atoms with van der Waals surface area (Å²) < 4.78 is 5.26. The summed E-state index contributed by atoms with van der Waals surface area (Å²) in [6.07, 6.45) is 4.53. The van der Waals surface area contributed by atoms with Crippen LogP contribution in [0, 0.1) is 4.91 Å². The molecule has 0 aliphatic carbocycles. The molecule has 0 heterocycles. The van der Waals surface area contributed by atoms with Gasteiger partial charge in [-0.05, 0) is 12.8 Å². The van der Waals surface area contributed by atoms with Crippen molar-refractivity contribution in [1.29, 1.82) is 0 Å². The van der Waals surface area contributed by atoms with Crippen molar-refractivity contribution in [2.24, 2.45) is 5.34 Å². The molecule has 1 atom stereocenters. The number of hydrogen-bond acceptors (Lipinski definition) is 4. The van der Waals surface area contributed by atoms with E-state index in [1.807, 2.05) is 6.92 Å². The predicted molar refractivity (Wildman–Crippen MR) is 51.1 cm³/mol. The van der Waals surface area contributed by atoms with Crippen LogP contribution in [0.1, 0.15) is 46.0 Å². The van der Waals surface area contributed by atoms with Gasteiger partial charge in [-0.15, -0.1) is 4.91 Å². The van der Waals surface area contributed by atoms with E-state index in [0.717, 1.165) is 32.1 Å². The highest BCUT2D eigenvalue weighted by Gasteiger charge is 2.09. The summed E-state index contributed by atoms with van der Waals surface area (Å²) in [5, 5.41) is 2.39. The number of hydrogen-bond donors (Lipinski definition) is 0. The Morgan fingerprint density at radius 3 is 2.54 bits per heavy atom. The smallest absolute Gasteiger partial charge is 0.230 e. The Labute approximate surface area is 79.5 Å². The molecule has 0 amide bonds. The molecule has 13 heavy (non-hydrogen) atoms. The van der Waals surface area contributed by atoms with Gasteiger partial charge in [-0.1, -0.05) is 26.7 Å². The second-order valence-corrected chi connectivity index (χ2v) is 2.98. The zero-order chi connectivity index (χ0) is 9.94. The van der Waals surface area contributed by atoms with E-state index >= 15 is 0 Å². The maximum absolute atomic E-state index is 9.86. The normalized spacial score (nSPS) is 12.5. The van der Waals surface area contributed by atoms with Gasteiger partial charge in [-0.3, -0.25) is 0 Å². The van der Waals surface area contributed by atoms with Crippen molar-refractivity contribution < 1.29 is 9.57 Å². The molecule has 0 N–H and O–H groups in total. The van der Waals surface area contributed by atoms with Crippen molar-refractivity contribution in [3.05, 3.63) is 4.91 Å². The fraction of sp³-hybridized carbons (Fsp3) is 1.00. The molecule has 0 saturated heterocycles. The molecule has 0 radical (unpaired) electrons. The fourth-order valence-electron chi connectivity index (χ4n) is 1.02. The van der Waals surface area contributed by atoms with Crippen molar-refractivity contribution in [3.8, 4) is 0 Å². The van der Waals surface area contributed by atoms with Crippen LogP contribution in [0.25, 0.3) is 0 Å². The number of rotatable bonds is 9. The van der Waals surface area contributed by atoms with Crippen molar-refractivity contribution in [3.63, 3.8) is 0 Å². The number of nitrogens with zero attached hydrogens (tertiary/aromatic N) is 1. The summed E-state index contributed by atoms with van der Waals surface area (Å²) >= 11 is 0. The minimum absolute atomic E-state index is 0.441. The number of unbranched alkanes of at least 4 members (excludes halogenated alkanes) is 2. The molecule has 0 aliphatic heterocycles. The van der Waals surface area contributed by atoms with Gasteiger partial charge in [0, 0.05) is 6.42 Å². The zero-order valence-corrected chi connectivity index (χ0v) is 8.49. The average Bonchev–Trinajstić information content (AvgIpc) is 2.14. The highest BCUT2D eigenvalue weighted by atomic mass is 16.8. The molecule has 0 rings (SSSR count). The van der Waals surface area contributed by atoms with Crippen molar-refractivity contribution >= 4 is 0 Å². The van der Waals surface area contributed by atoms with Crippen LogP contribution in [-0.2, 0) is 9.57 Å². The Bertz CT molecular complexity index is 119. The van der Waals surface area contributed by atoms with Gasteiger partial charge in [0.1, 0.15) is 0 Å². The quantitative estimate of drug-likeness (QED) is 0.242. The zero-order valence-electron chi connectivity index (χ0n) is 8.49. The first kappa shape index (κ1) is 12.4. The van der Waals surface area contributed by atoms with Crippen LogP contribution < -0.4 is 0 Å². The van der Waals surface area contributed by atoms with Gasteiger partial charge in [0.15, 0.2) is 5.34 Å². The molecule has 78 valence electrons. The van der Waals surface area contributed by atoms with Gasteiger partial charge < -0.3 is 9.57 Å². The standard InChI is InChI=1S/C9H19NO3/c1-3-5-6-7-9(13-10-11)12-8-4-2/h9H,3-8H2,1-2H3. The van der Waals surface area contributed by atoms with E-state index in [0.29, 0.717) is 6.61 Å². The van der Waals surface area contributed by atoms with E-state index in [9.17, 15) is 4.91 Å². The Balaban J connectivity index is 3.47. The van der Waals surface area contributed by atoms with Crippen molar-refractivity contribution in [2.75, 3.05) is 6.61 Å². The highest BCUT2D eigenvalue weighted by molar-refractivity contribution is 4.46. The third kappa shape index (κ3) is 7.71. The minimum Gasteiger partial charge on any atom is -0.341 e. The first-order valence-electron chi connectivity index (χ1n) is 4.95. The molecule has 4 nitrogen and oxygen atoms in total. The average molecular weight is 189 g/mol. The first-order chi connectivity index (χ1) is 6.35. The maximum atomic E-state index is 9.86. The van der Waals surface area contributed by atoms with E-state index in [4.69, 9.17) is 4.74 Å². The monoisotopic (exact) mass is 189 g/mol. The van der Waals surface area contributed by atoms with Crippen LogP contribution in [0.15, 0.2) is 5.34 Å². The fourth-order valence-corrected chi connectivity index (χ4v) is 1.02. The van der Waals surface area contributed by atoms with Gasteiger partial charge in [0.05, 0.1) is 6.61 Å². The lowest BCUT2D eigenvalue weighted by atomic mass is 10.2. The molecule has 0 bridgehead atoms. The van der Waals surface area contributed by atoms with E-state index in [2.05, 4.69) is 17.1 Å². The van der Waals surface area contributed by atoms with Crippen LogP contribution >= 0.6 is 0 Å². The summed E-state index contributed by atoms with van der Waals surface area (Å²) in [7, 11) is 0. The molecule has 0 aliphatic rings. The molecule has 0 aromatic carbocycles. The first-order valence-corrected chi connectivity index (χ1v) is 4.95. The van der Waals surface area contributed by atoms with Crippen LogP contribution in [0.3, 0.4) is 0 Å². The molecular weight excluding hydrogens is 170 g/mol. The van der Waals surface area contributed by atoms with Gasteiger partial charge in [-0.25, -0.2) is 0 Å². The van der Waals surface area contributed by atoms with Crippen LogP contribution in [-0.4, -0.2) is 12.9 Å². The maximum Gasteiger partial charge on any atom is 0.230 e. The van der Waals surface area contributed by atoms with Gasteiger partial charge >= 0.3 is 0 Å². The molecule has 0 spiro atoms. The van der Waals surface area contributed by atoms with Gasteiger partial charge in [0.2, 0.25) is 6.29 Å². The predicted octanol–water partition coefficient (Wildman–Crippen LogP) is 3.02. The minimum atomic E-state index is -0.441. The molecule has 0 aromatic rings. The second-order valence-electron chi connectivity index (χ2n) is 2.98. The Morgan fingerprint density at radius 1 is 1.23 bits per heavy atom. The number of ether oxygens (including phenoxy) is 1. The second kappa shape index (κ2) is 9.45. The van der Waals surface area contributed by atoms with Crippen LogP contribution in [0.2, 0.25) is 0 Å². The van der Waals surface area contributed by atoms with E-state index in [1.165, 1.54) is 0 Å². The van der Waals surface area contributed by atoms with Crippen LogP contribution in [0.4, 0.5) is 0 Å². The SMILES string of the molecule is CCCCCC(OCCC)ON=O. The summed E-state index contributed by atoms with van der Waals surface area (Å²) in [5.74, 6) is 0. The molecule has 0 fully saturated rings. The van der Waals surface area contributed by atoms with Gasteiger partial charge in [-0.2, -0.15) is 0 Å². The third-order valence-electron chi connectivity index (χ3n) is 1.71. The van der Waals surface area contributed by atoms with Crippen molar-refractivity contribution in [2.45, 2.75) is 52.2 Å². The summed E-state index contributed by atoms with van der Waals surface area (Å²) in [4.78, 5) is 14.4. The van der Waals surface area contributed by atoms with E-state index in [-0.39, 0.29) is 0 Å². The summed E-state index contributed by atoms with van der Waals surface area (Å²) in [5.41, 5.74) is 0. The topological polar surface area (TPSA) is 47.9 Å². The largest absolute Gasteiger partial charge is 0.341 e. The Kier molecular flexibility index (Phi) is 8.98. The lowest BCUT2D eigenvalue weighted by Crippen LogP contribution is -2.15. The van der Waals surface area contributed by atoms with E-state index < -0.39 is 6.29 Å². The Hall–Kier alpha value is -0.640. The lowest BCUT2D eigenvalue weighted by molar-refractivity contribution is -0.147. The lowest BCUT2D eigenvalue weighted by Gasteiger charge is -2.12. The molecule has 0 saturated carbocycles. The molecular formula is C9H19NO3. The summed E-state index contributed by atoms with van der Waals surface area (Å²) in [6, 6.07) is 0. The molecule has 0 aromatic heterocycles. The highest BCUT2D eigenvalue weighted by Crippen LogP contribution is 2.08. The Morgan fingerprint density at radius 2 is 2.00 bits per heavy atom. The van der Waals surface area contributed by atoms with E-state index in [1.54, 1.807) is 0 Å². The van der Waals surface area contributed by atoms with Crippen LogP contribution in [0.5, 0.6) is 0 Å². The third-order valence-corrected chi connectivity index (χ3v) is 1.71. The summed E-state index contributed by atoms with van der Waals surface area (Å²) in [6.45, 7) is 4.75. The van der Waals surface area contributed by atoms with Gasteiger partial charge in [0.25, 0.3) is 0 Å². The molecule has 1 unspecified atom stereocenters. The molecule has 4 heteroatoms.